The van der Waals surface area contributed by atoms with Crippen LogP contribution in [0.5, 0.6) is 0 Å². The van der Waals surface area contributed by atoms with Crippen LogP contribution in [0.3, 0.4) is 0 Å². The summed E-state index contributed by atoms with van der Waals surface area (Å²) < 4.78 is 29.6. The number of aryl methyl sites for hydroxylation is 1. The first-order valence-electron chi connectivity index (χ1n) is 7.76. The minimum absolute atomic E-state index is 0.0148. The van der Waals surface area contributed by atoms with Gasteiger partial charge in [-0.3, -0.25) is 0 Å². The average Bonchev–Trinajstić information content (AvgIpc) is 2.81. The lowest BCUT2D eigenvalue weighted by Gasteiger charge is -2.06. The Labute approximate surface area is 144 Å². The zero-order chi connectivity index (χ0) is 17.7. The monoisotopic (exact) mass is 353 g/mol. The van der Waals surface area contributed by atoms with E-state index in [0.29, 0.717) is 4.80 Å². The van der Waals surface area contributed by atoms with Gasteiger partial charge in [-0.15, -0.1) is 11.3 Å². The van der Waals surface area contributed by atoms with Crippen molar-refractivity contribution in [1.29, 1.82) is 0 Å². The highest BCUT2D eigenvalue weighted by Crippen LogP contribution is 2.14. The third-order valence-corrected chi connectivity index (χ3v) is 4.77. The van der Waals surface area contributed by atoms with E-state index in [0.717, 1.165) is 48.2 Å². The van der Waals surface area contributed by atoms with Crippen molar-refractivity contribution >= 4 is 17.2 Å². The maximum absolute atomic E-state index is 14.1. The fraction of sp³-hybridized carbons (Fsp3) is 0.412. The molecule has 4 nitrogen and oxygen atoms in total. The van der Waals surface area contributed by atoms with Gasteiger partial charge in [0.25, 0.3) is 0 Å². The van der Waals surface area contributed by atoms with Gasteiger partial charge >= 0.3 is 0 Å². The molecule has 0 spiro atoms. The number of unbranched alkanes of at least 4 members (excludes halogenated alkanes) is 1. The minimum Gasteiger partial charge on any atom is -0.397 e. The predicted molar refractivity (Wildman–Crippen MR) is 92.2 cm³/mol. The van der Waals surface area contributed by atoms with Crippen LogP contribution in [0.1, 0.15) is 35.9 Å². The second-order valence-corrected chi connectivity index (χ2v) is 6.55. The molecular formula is C17H21F2N3OS. The number of nitrogens with zero attached hydrogens (tertiary/aromatic N) is 3. The van der Waals surface area contributed by atoms with Crippen LogP contribution in [0.4, 0.5) is 8.78 Å². The van der Waals surface area contributed by atoms with Gasteiger partial charge < -0.3 is 9.40 Å². The quantitative estimate of drug-likeness (QED) is 0.452. The van der Waals surface area contributed by atoms with Gasteiger partial charge in [0.05, 0.1) is 5.56 Å². The first-order valence-corrected chi connectivity index (χ1v) is 8.57. The Bertz CT molecular complexity index is 809. The molecule has 0 fully saturated rings. The fourth-order valence-electron chi connectivity index (χ4n) is 2.24. The SMILES string of the molecule is CCCCn1c(C)c(C)sc1=N/C(=N/OC)c1cc(F)ccc1F. The number of oxime groups is 1. The molecule has 1 aromatic heterocycles. The number of hydrogen-bond donors (Lipinski definition) is 0. The topological polar surface area (TPSA) is 38.9 Å². The number of amidine groups is 1. The Morgan fingerprint density at radius 1 is 1.29 bits per heavy atom. The number of rotatable bonds is 5. The van der Waals surface area contributed by atoms with Crippen molar-refractivity contribution in [2.45, 2.75) is 40.2 Å². The van der Waals surface area contributed by atoms with Crippen molar-refractivity contribution in [1.82, 2.24) is 4.57 Å². The highest BCUT2D eigenvalue weighted by atomic mass is 32.1. The number of halogens is 2. The lowest BCUT2D eigenvalue weighted by atomic mass is 10.2. The summed E-state index contributed by atoms with van der Waals surface area (Å²) in [7, 11) is 1.35. The predicted octanol–water partition coefficient (Wildman–Crippen LogP) is 4.15. The minimum atomic E-state index is -0.596. The van der Waals surface area contributed by atoms with Crippen molar-refractivity contribution in [3.8, 4) is 0 Å². The number of thiazole rings is 1. The molecule has 2 rings (SSSR count). The van der Waals surface area contributed by atoms with Gasteiger partial charge in [0.2, 0.25) is 5.84 Å². The molecule has 0 amide bonds. The highest BCUT2D eigenvalue weighted by molar-refractivity contribution is 7.09. The summed E-state index contributed by atoms with van der Waals surface area (Å²) in [6, 6.07) is 3.19. The van der Waals surface area contributed by atoms with Gasteiger partial charge in [-0.05, 0) is 38.5 Å². The molecule has 2 aromatic rings. The van der Waals surface area contributed by atoms with E-state index < -0.39 is 11.6 Å². The molecule has 0 aliphatic carbocycles. The standard InChI is InChI=1S/C17H21F2N3OS/c1-5-6-9-22-11(2)12(3)24-17(22)20-16(21-23-4)14-10-13(18)7-8-15(14)19/h7-8,10H,5-6,9H2,1-4H3/b20-17?,21-16+. The van der Waals surface area contributed by atoms with E-state index in [9.17, 15) is 8.78 Å². The molecule has 1 heterocycles. The molecule has 0 saturated heterocycles. The molecule has 0 aliphatic rings. The van der Waals surface area contributed by atoms with Gasteiger partial charge in [-0.25, -0.2) is 8.78 Å². The van der Waals surface area contributed by atoms with Crippen LogP contribution in [-0.4, -0.2) is 17.5 Å². The molecule has 130 valence electrons. The molecule has 0 aliphatic heterocycles. The Hall–Kier alpha value is -2.02. The van der Waals surface area contributed by atoms with Crippen LogP contribution in [0, 0.1) is 25.5 Å². The molecule has 7 heteroatoms. The fourth-order valence-corrected chi connectivity index (χ4v) is 3.24. The van der Waals surface area contributed by atoms with Crippen molar-refractivity contribution in [2.24, 2.45) is 10.1 Å². The van der Waals surface area contributed by atoms with E-state index in [-0.39, 0.29) is 11.4 Å². The summed E-state index contributed by atoms with van der Waals surface area (Å²) in [5.74, 6) is -1.13. The second-order valence-electron chi connectivity index (χ2n) is 5.36. The number of hydrogen-bond acceptors (Lipinski definition) is 3. The maximum atomic E-state index is 14.1. The molecule has 0 bridgehead atoms. The van der Waals surface area contributed by atoms with Crippen molar-refractivity contribution in [3.05, 3.63) is 50.8 Å². The molecule has 0 atom stereocenters. The summed E-state index contributed by atoms with van der Waals surface area (Å²) in [6.45, 7) is 6.97. The Balaban J connectivity index is 2.59. The van der Waals surface area contributed by atoms with Crippen LogP contribution in [0.15, 0.2) is 28.3 Å². The van der Waals surface area contributed by atoms with E-state index in [1.165, 1.54) is 18.4 Å². The summed E-state index contributed by atoms with van der Waals surface area (Å²) in [5, 5.41) is 3.79. The number of benzene rings is 1. The van der Waals surface area contributed by atoms with E-state index in [1.54, 1.807) is 0 Å². The van der Waals surface area contributed by atoms with Crippen LogP contribution in [-0.2, 0) is 11.4 Å². The second kappa shape index (κ2) is 8.19. The van der Waals surface area contributed by atoms with Crippen LogP contribution in [0.2, 0.25) is 0 Å². The lowest BCUT2D eigenvalue weighted by Crippen LogP contribution is -2.19. The zero-order valence-electron chi connectivity index (χ0n) is 14.3. The summed E-state index contributed by atoms with van der Waals surface area (Å²) in [5.41, 5.74) is 1.09. The molecule has 0 radical (unpaired) electrons. The number of aromatic nitrogens is 1. The van der Waals surface area contributed by atoms with Gasteiger partial charge in [-0.1, -0.05) is 18.5 Å². The van der Waals surface area contributed by atoms with Crippen molar-refractivity contribution in [3.63, 3.8) is 0 Å². The molecule has 0 saturated carbocycles. The third-order valence-electron chi connectivity index (χ3n) is 3.67. The van der Waals surface area contributed by atoms with E-state index in [2.05, 4.69) is 21.6 Å². The smallest absolute Gasteiger partial charge is 0.204 e. The maximum Gasteiger partial charge on any atom is 0.204 e. The van der Waals surface area contributed by atoms with Crippen LogP contribution >= 0.6 is 11.3 Å². The normalized spacial score (nSPS) is 12.8. The first kappa shape index (κ1) is 18.3. The van der Waals surface area contributed by atoms with Gasteiger partial charge in [0, 0.05) is 17.1 Å². The summed E-state index contributed by atoms with van der Waals surface area (Å²) in [6.07, 6.45) is 2.06. The molecule has 24 heavy (non-hydrogen) atoms. The molecule has 1 aromatic carbocycles. The van der Waals surface area contributed by atoms with Gasteiger partial charge in [0.1, 0.15) is 18.7 Å². The van der Waals surface area contributed by atoms with Crippen LogP contribution < -0.4 is 4.80 Å². The molecule has 0 N–H and O–H groups in total. The summed E-state index contributed by atoms with van der Waals surface area (Å²) >= 11 is 1.49. The average molecular weight is 353 g/mol. The lowest BCUT2D eigenvalue weighted by molar-refractivity contribution is 0.213. The molecule has 0 unspecified atom stereocenters. The van der Waals surface area contributed by atoms with Crippen molar-refractivity contribution < 1.29 is 13.6 Å². The zero-order valence-corrected chi connectivity index (χ0v) is 15.1. The summed E-state index contributed by atoms with van der Waals surface area (Å²) in [4.78, 5) is 11.1. The van der Waals surface area contributed by atoms with E-state index in [1.807, 2.05) is 13.8 Å². The van der Waals surface area contributed by atoms with E-state index in [4.69, 9.17) is 4.84 Å². The van der Waals surface area contributed by atoms with Gasteiger partial charge in [-0.2, -0.15) is 4.99 Å². The van der Waals surface area contributed by atoms with Crippen LogP contribution in [0.25, 0.3) is 0 Å². The van der Waals surface area contributed by atoms with Gasteiger partial charge in [0.15, 0.2) is 4.80 Å². The third kappa shape index (κ3) is 4.08. The molecular weight excluding hydrogens is 332 g/mol. The Kier molecular flexibility index (Phi) is 6.25. The highest BCUT2D eigenvalue weighted by Gasteiger charge is 2.13. The Morgan fingerprint density at radius 3 is 2.71 bits per heavy atom. The van der Waals surface area contributed by atoms with Crippen molar-refractivity contribution in [2.75, 3.05) is 7.11 Å². The first-order chi connectivity index (χ1) is 11.5. The Morgan fingerprint density at radius 2 is 2.04 bits per heavy atom. The largest absolute Gasteiger partial charge is 0.397 e. The van der Waals surface area contributed by atoms with E-state index >= 15 is 0 Å².